The summed E-state index contributed by atoms with van der Waals surface area (Å²) in [6, 6.07) is 23.3. The lowest BCUT2D eigenvalue weighted by Gasteiger charge is -2.07. The first-order chi connectivity index (χ1) is 10.3. The van der Waals surface area contributed by atoms with E-state index in [0.29, 0.717) is 13.0 Å². The number of ether oxygens (including phenoxy) is 1. The van der Waals surface area contributed by atoms with Gasteiger partial charge in [0.1, 0.15) is 5.75 Å². The van der Waals surface area contributed by atoms with Gasteiger partial charge in [-0.25, -0.2) is 0 Å². The molecule has 0 aliphatic heterocycles. The zero-order valence-corrected chi connectivity index (χ0v) is 11.7. The third-order valence-electron chi connectivity index (χ3n) is 3.43. The fraction of sp³-hybridized carbons (Fsp3) is 0.105. The SMILES string of the molecule is O=C(CCOc1ccccc1)c1cccc2ccccc12. The molecule has 0 N–H and O–H groups in total. The average molecular weight is 276 g/mol. The molecule has 21 heavy (non-hydrogen) atoms. The Labute approximate surface area is 124 Å². The molecule has 0 bridgehead atoms. The number of fused-ring (bicyclic) bond motifs is 1. The minimum absolute atomic E-state index is 0.114. The predicted octanol–water partition coefficient (Wildman–Crippen LogP) is 4.49. The molecular formula is C19H16O2. The van der Waals surface area contributed by atoms with E-state index in [2.05, 4.69) is 0 Å². The average Bonchev–Trinajstić information content (AvgIpc) is 2.55. The summed E-state index contributed by atoms with van der Waals surface area (Å²) in [6.45, 7) is 0.395. The molecule has 0 atom stereocenters. The lowest BCUT2D eigenvalue weighted by atomic mass is 10.0. The zero-order chi connectivity index (χ0) is 14.5. The lowest BCUT2D eigenvalue weighted by molar-refractivity contribution is 0.0964. The van der Waals surface area contributed by atoms with Gasteiger partial charge in [0.2, 0.25) is 0 Å². The van der Waals surface area contributed by atoms with Crippen LogP contribution in [0, 0.1) is 0 Å². The van der Waals surface area contributed by atoms with E-state index in [0.717, 1.165) is 22.1 Å². The maximum atomic E-state index is 12.4. The monoisotopic (exact) mass is 276 g/mol. The Kier molecular flexibility index (Phi) is 3.97. The van der Waals surface area contributed by atoms with Crippen LogP contribution in [0.4, 0.5) is 0 Å². The highest BCUT2D eigenvalue weighted by Crippen LogP contribution is 2.20. The summed E-state index contributed by atoms with van der Waals surface area (Å²) in [4.78, 5) is 12.4. The molecule has 0 aliphatic rings. The number of hydrogen-bond donors (Lipinski definition) is 0. The van der Waals surface area contributed by atoms with Crippen LogP contribution in [0.3, 0.4) is 0 Å². The number of carbonyl (C=O) groups is 1. The molecule has 0 aromatic heterocycles. The summed E-state index contributed by atoms with van der Waals surface area (Å²) in [6.07, 6.45) is 0.378. The van der Waals surface area contributed by atoms with Gasteiger partial charge >= 0.3 is 0 Å². The van der Waals surface area contributed by atoms with E-state index >= 15 is 0 Å². The van der Waals surface area contributed by atoms with Gasteiger partial charge < -0.3 is 4.74 Å². The third kappa shape index (κ3) is 3.11. The van der Waals surface area contributed by atoms with Gasteiger partial charge in [0.25, 0.3) is 0 Å². The minimum atomic E-state index is 0.114. The highest BCUT2D eigenvalue weighted by atomic mass is 16.5. The van der Waals surface area contributed by atoms with Crippen molar-refractivity contribution in [3.05, 3.63) is 78.4 Å². The molecule has 0 radical (unpaired) electrons. The van der Waals surface area contributed by atoms with Crippen LogP contribution in [0.25, 0.3) is 10.8 Å². The van der Waals surface area contributed by atoms with E-state index < -0.39 is 0 Å². The summed E-state index contributed by atoms with van der Waals surface area (Å²) >= 11 is 0. The number of Topliss-reactive ketones (excluding diaryl/α,β-unsaturated/α-hetero) is 1. The second-order valence-electron chi connectivity index (χ2n) is 4.86. The van der Waals surface area contributed by atoms with Crippen LogP contribution in [0.2, 0.25) is 0 Å². The van der Waals surface area contributed by atoms with Gasteiger partial charge in [-0.3, -0.25) is 4.79 Å². The van der Waals surface area contributed by atoms with Crippen molar-refractivity contribution in [2.24, 2.45) is 0 Å². The van der Waals surface area contributed by atoms with Crippen molar-refractivity contribution in [3.63, 3.8) is 0 Å². The molecule has 0 fully saturated rings. The Bertz CT molecular complexity index is 742. The van der Waals surface area contributed by atoms with Crippen LogP contribution in [0.1, 0.15) is 16.8 Å². The van der Waals surface area contributed by atoms with Gasteiger partial charge in [-0.15, -0.1) is 0 Å². The maximum absolute atomic E-state index is 12.4. The Balaban J connectivity index is 1.70. The van der Waals surface area contributed by atoms with Crippen LogP contribution >= 0.6 is 0 Å². The van der Waals surface area contributed by atoms with Gasteiger partial charge in [0.15, 0.2) is 5.78 Å². The zero-order valence-electron chi connectivity index (χ0n) is 11.7. The molecule has 3 rings (SSSR count). The summed E-state index contributed by atoms with van der Waals surface area (Å²) in [5, 5.41) is 2.09. The van der Waals surface area contributed by atoms with Crippen LogP contribution in [-0.4, -0.2) is 12.4 Å². The molecule has 0 saturated heterocycles. The van der Waals surface area contributed by atoms with E-state index in [1.807, 2.05) is 72.8 Å². The van der Waals surface area contributed by atoms with E-state index in [1.165, 1.54) is 0 Å². The van der Waals surface area contributed by atoms with E-state index in [-0.39, 0.29) is 5.78 Å². The van der Waals surface area contributed by atoms with E-state index in [1.54, 1.807) is 0 Å². The van der Waals surface area contributed by atoms with E-state index in [4.69, 9.17) is 4.74 Å². The Morgan fingerprint density at radius 3 is 2.38 bits per heavy atom. The van der Waals surface area contributed by atoms with Crippen LogP contribution in [0.5, 0.6) is 5.75 Å². The first-order valence-corrected chi connectivity index (χ1v) is 7.03. The fourth-order valence-corrected chi connectivity index (χ4v) is 2.38. The number of benzene rings is 3. The normalized spacial score (nSPS) is 10.5. The van der Waals surface area contributed by atoms with E-state index in [9.17, 15) is 4.79 Å². The van der Waals surface area contributed by atoms with Crippen LogP contribution in [0.15, 0.2) is 72.8 Å². The number of carbonyl (C=O) groups excluding carboxylic acids is 1. The topological polar surface area (TPSA) is 26.3 Å². The minimum Gasteiger partial charge on any atom is -0.493 e. The second-order valence-corrected chi connectivity index (χ2v) is 4.86. The highest BCUT2D eigenvalue weighted by molar-refractivity contribution is 6.08. The molecule has 0 aliphatic carbocycles. The molecule has 3 aromatic carbocycles. The van der Waals surface area contributed by atoms with Crippen molar-refractivity contribution < 1.29 is 9.53 Å². The van der Waals surface area contributed by atoms with Crippen LogP contribution in [-0.2, 0) is 0 Å². The third-order valence-corrected chi connectivity index (χ3v) is 3.43. The molecule has 2 heteroatoms. The predicted molar refractivity (Wildman–Crippen MR) is 84.8 cm³/mol. The van der Waals surface area contributed by atoms with Gasteiger partial charge in [-0.1, -0.05) is 60.7 Å². The first-order valence-electron chi connectivity index (χ1n) is 7.03. The van der Waals surface area contributed by atoms with Gasteiger partial charge in [-0.2, -0.15) is 0 Å². The molecule has 3 aromatic rings. The van der Waals surface area contributed by atoms with Crippen molar-refractivity contribution in [3.8, 4) is 5.75 Å². The second kappa shape index (κ2) is 6.23. The lowest BCUT2D eigenvalue weighted by Crippen LogP contribution is -2.07. The van der Waals surface area contributed by atoms with Crippen molar-refractivity contribution in [1.82, 2.24) is 0 Å². The summed E-state index contributed by atoms with van der Waals surface area (Å²) < 4.78 is 5.59. The summed E-state index contributed by atoms with van der Waals surface area (Å²) in [5.74, 6) is 0.908. The largest absolute Gasteiger partial charge is 0.493 e. The van der Waals surface area contributed by atoms with Crippen molar-refractivity contribution in [2.75, 3.05) is 6.61 Å². The maximum Gasteiger partial charge on any atom is 0.166 e. The van der Waals surface area contributed by atoms with Crippen molar-refractivity contribution >= 4 is 16.6 Å². The molecule has 0 unspecified atom stereocenters. The van der Waals surface area contributed by atoms with Crippen LogP contribution < -0.4 is 4.74 Å². The first kappa shape index (κ1) is 13.4. The number of para-hydroxylation sites is 1. The van der Waals surface area contributed by atoms with Gasteiger partial charge in [0, 0.05) is 12.0 Å². The quantitative estimate of drug-likeness (QED) is 0.642. The smallest absolute Gasteiger partial charge is 0.166 e. The standard InChI is InChI=1S/C19H16O2/c20-19(13-14-21-16-9-2-1-3-10-16)18-12-6-8-15-7-4-5-11-17(15)18/h1-12H,13-14H2. The molecule has 104 valence electrons. The Morgan fingerprint density at radius 2 is 1.52 bits per heavy atom. The molecule has 0 amide bonds. The number of ketones is 1. The molecule has 2 nitrogen and oxygen atoms in total. The summed E-state index contributed by atoms with van der Waals surface area (Å²) in [5.41, 5.74) is 0.768. The van der Waals surface area contributed by atoms with Gasteiger partial charge in [0.05, 0.1) is 6.61 Å². The number of hydrogen-bond acceptors (Lipinski definition) is 2. The summed E-state index contributed by atoms with van der Waals surface area (Å²) in [7, 11) is 0. The number of rotatable bonds is 5. The van der Waals surface area contributed by atoms with Gasteiger partial charge in [-0.05, 0) is 22.9 Å². The molecular weight excluding hydrogens is 260 g/mol. The molecule has 0 saturated carbocycles. The molecule has 0 heterocycles. The van der Waals surface area contributed by atoms with Crippen molar-refractivity contribution in [1.29, 1.82) is 0 Å². The Morgan fingerprint density at radius 1 is 0.810 bits per heavy atom. The van der Waals surface area contributed by atoms with Crippen molar-refractivity contribution in [2.45, 2.75) is 6.42 Å². The molecule has 0 spiro atoms. The highest BCUT2D eigenvalue weighted by Gasteiger charge is 2.09. The fourth-order valence-electron chi connectivity index (χ4n) is 2.38. The Hall–Kier alpha value is -2.61.